The van der Waals surface area contributed by atoms with Gasteiger partial charge in [-0.2, -0.15) is 0 Å². The van der Waals surface area contributed by atoms with Crippen LogP contribution < -0.4 is 10.1 Å². The van der Waals surface area contributed by atoms with Crippen LogP contribution >= 0.6 is 23.2 Å². The Balaban J connectivity index is 1.97. The average Bonchev–Trinajstić information content (AvgIpc) is 2.70. The van der Waals surface area contributed by atoms with Crippen molar-refractivity contribution < 1.29 is 9.53 Å². The smallest absolute Gasteiger partial charge is 0.256 e. The van der Waals surface area contributed by atoms with E-state index in [2.05, 4.69) is 5.32 Å². The summed E-state index contributed by atoms with van der Waals surface area (Å²) in [6.07, 6.45) is 1.82. The number of amides is 1. The predicted octanol–water partition coefficient (Wildman–Crippen LogP) is 6.18. The maximum atomic E-state index is 13.0. The van der Waals surface area contributed by atoms with Crippen molar-refractivity contribution in [2.45, 2.75) is 0 Å². The van der Waals surface area contributed by atoms with E-state index >= 15 is 0 Å². The fourth-order valence-corrected chi connectivity index (χ4v) is 2.88. The average molecular weight is 398 g/mol. The van der Waals surface area contributed by atoms with Gasteiger partial charge in [0.25, 0.3) is 5.91 Å². The van der Waals surface area contributed by atoms with E-state index in [0.29, 0.717) is 21.3 Å². The molecule has 0 atom stereocenters. The molecule has 0 bridgehead atoms. The Kier molecular flexibility index (Phi) is 6.17. The number of ether oxygens (including phenoxy) is 1. The zero-order valence-corrected chi connectivity index (χ0v) is 16.1. The lowest BCUT2D eigenvalue weighted by atomic mass is 10.0. The molecule has 5 heteroatoms. The Labute approximate surface area is 168 Å². The van der Waals surface area contributed by atoms with Crippen molar-refractivity contribution in [1.29, 1.82) is 0 Å². The summed E-state index contributed by atoms with van der Waals surface area (Å²) >= 11 is 12.2. The predicted molar refractivity (Wildman–Crippen MR) is 112 cm³/mol. The molecule has 0 heterocycles. The lowest BCUT2D eigenvalue weighted by molar-refractivity contribution is -0.111. The molecule has 0 aliphatic heterocycles. The fourth-order valence-electron chi connectivity index (χ4n) is 2.55. The Hall–Kier alpha value is -2.75. The number of methoxy groups -OCH3 is 1. The molecule has 1 amide bonds. The molecule has 0 radical (unpaired) electrons. The van der Waals surface area contributed by atoms with Gasteiger partial charge in [-0.1, -0.05) is 65.7 Å². The molecule has 3 nitrogen and oxygen atoms in total. The maximum Gasteiger partial charge on any atom is 0.256 e. The van der Waals surface area contributed by atoms with Crippen LogP contribution in [0.2, 0.25) is 10.0 Å². The van der Waals surface area contributed by atoms with E-state index in [-0.39, 0.29) is 5.91 Å². The van der Waals surface area contributed by atoms with Gasteiger partial charge in [-0.05, 0) is 47.5 Å². The second-order valence-corrected chi connectivity index (χ2v) is 6.62. The third kappa shape index (κ3) is 4.91. The molecule has 3 aromatic carbocycles. The first-order valence-corrected chi connectivity index (χ1v) is 9.00. The maximum absolute atomic E-state index is 13.0. The third-order valence-electron chi connectivity index (χ3n) is 3.93. The van der Waals surface area contributed by atoms with Crippen molar-refractivity contribution in [3.05, 3.63) is 94.0 Å². The van der Waals surface area contributed by atoms with Crippen molar-refractivity contribution in [3.63, 3.8) is 0 Å². The van der Waals surface area contributed by atoms with E-state index in [4.69, 9.17) is 27.9 Å². The summed E-state index contributed by atoms with van der Waals surface area (Å²) in [6, 6.07) is 21.9. The van der Waals surface area contributed by atoms with Gasteiger partial charge < -0.3 is 10.1 Å². The molecule has 0 aliphatic carbocycles. The van der Waals surface area contributed by atoms with E-state index in [1.165, 1.54) is 0 Å². The highest BCUT2D eigenvalue weighted by molar-refractivity contribution is 6.37. The van der Waals surface area contributed by atoms with Gasteiger partial charge >= 0.3 is 0 Å². The molecule has 136 valence electrons. The van der Waals surface area contributed by atoms with E-state index in [1.807, 2.05) is 60.7 Å². The molecule has 0 aromatic heterocycles. The molecule has 27 heavy (non-hydrogen) atoms. The number of benzene rings is 3. The van der Waals surface area contributed by atoms with Gasteiger partial charge in [0.05, 0.1) is 17.8 Å². The van der Waals surface area contributed by atoms with Crippen LogP contribution in [-0.4, -0.2) is 13.0 Å². The minimum absolute atomic E-state index is 0.277. The van der Waals surface area contributed by atoms with Crippen LogP contribution in [0.4, 0.5) is 5.69 Å². The van der Waals surface area contributed by atoms with Crippen molar-refractivity contribution in [2.75, 3.05) is 12.4 Å². The highest BCUT2D eigenvalue weighted by Gasteiger charge is 2.14. The first-order chi connectivity index (χ1) is 13.1. The van der Waals surface area contributed by atoms with Crippen LogP contribution in [0.1, 0.15) is 11.1 Å². The molecule has 0 fully saturated rings. The molecular weight excluding hydrogens is 381 g/mol. The van der Waals surface area contributed by atoms with Gasteiger partial charge in [0.15, 0.2) is 0 Å². The highest BCUT2D eigenvalue weighted by atomic mass is 35.5. The molecule has 0 aliphatic rings. The summed E-state index contributed by atoms with van der Waals surface area (Å²) in [5, 5.41) is 3.76. The van der Waals surface area contributed by atoms with Gasteiger partial charge in [-0.15, -0.1) is 0 Å². The van der Waals surface area contributed by atoms with Crippen molar-refractivity contribution in [2.24, 2.45) is 0 Å². The van der Waals surface area contributed by atoms with Crippen molar-refractivity contribution in [3.8, 4) is 5.75 Å². The van der Waals surface area contributed by atoms with Crippen LogP contribution in [0.5, 0.6) is 5.75 Å². The number of carbonyl (C=O) groups excluding carboxylic acids is 1. The summed E-state index contributed by atoms with van der Waals surface area (Å²) in [5.41, 5.74) is 2.65. The molecular formula is C22H17Cl2NO2. The second kappa shape index (κ2) is 8.76. The summed E-state index contributed by atoms with van der Waals surface area (Å²) < 4.78 is 5.18. The SMILES string of the molecule is COc1ccc(/C=C(/C(=O)Nc2cc(Cl)ccc2Cl)c2ccccc2)cc1. The molecule has 3 rings (SSSR count). The molecule has 3 aromatic rings. The fraction of sp³-hybridized carbons (Fsp3) is 0.0455. The Morgan fingerprint density at radius 3 is 2.33 bits per heavy atom. The summed E-state index contributed by atoms with van der Waals surface area (Å²) in [7, 11) is 1.61. The van der Waals surface area contributed by atoms with Gasteiger partial charge in [-0.25, -0.2) is 0 Å². The lowest BCUT2D eigenvalue weighted by Gasteiger charge is -2.11. The largest absolute Gasteiger partial charge is 0.497 e. The third-order valence-corrected chi connectivity index (χ3v) is 4.50. The molecule has 0 saturated heterocycles. The van der Waals surface area contributed by atoms with E-state index in [0.717, 1.165) is 16.9 Å². The number of hydrogen-bond acceptors (Lipinski definition) is 2. The zero-order valence-electron chi connectivity index (χ0n) is 14.6. The van der Waals surface area contributed by atoms with Crippen LogP contribution in [0.25, 0.3) is 11.6 Å². The first kappa shape index (κ1) is 19.0. The van der Waals surface area contributed by atoms with Gasteiger partial charge in [0.1, 0.15) is 5.75 Å². The lowest BCUT2D eigenvalue weighted by Crippen LogP contribution is -2.14. The van der Waals surface area contributed by atoms with E-state index < -0.39 is 0 Å². The molecule has 0 saturated carbocycles. The van der Waals surface area contributed by atoms with Crippen molar-refractivity contribution >= 4 is 46.4 Å². The number of anilines is 1. The number of rotatable bonds is 5. The topological polar surface area (TPSA) is 38.3 Å². The first-order valence-electron chi connectivity index (χ1n) is 8.24. The van der Waals surface area contributed by atoms with Crippen molar-refractivity contribution in [1.82, 2.24) is 0 Å². The summed E-state index contributed by atoms with van der Waals surface area (Å²) in [5.74, 6) is 0.477. The van der Waals surface area contributed by atoms with Gasteiger partial charge in [0.2, 0.25) is 0 Å². The monoisotopic (exact) mass is 397 g/mol. The van der Waals surface area contributed by atoms with Gasteiger partial charge in [-0.3, -0.25) is 4.79 Å². The molecule has 0 unspecified atom stereocenters. The standard InChI is InChI=1S/C22H17Cl2NO2/c1-27-18-10-7-15(8-11-18)13-19(16-5-3-2-4-6-16)22(26)25-21-14-17(23)9-12-20(21)24/h2-14H,1H3,(H,25,26)/b19-13+. The summed E-state index contributed by atoms with van der Waals surface area (Å²) in [6.45, 7) is 0. The van der Waals surface area contributed by atoms with Gasteiger partial charge in [0, 0.05) is 10.6 Å². The highest BCUT2D eigenvalue weighted by Crippen LogP contribution is 2.28. The normalized spacial score (nSPS) is 11.1. The van der Waals surface area contributed by atoms with Crippen LogP contribution in [0, 0.1) is 0 Å². The minimum atomic E-state index is -0.277. The number of carbonyl (C=O) groups is 1. The number of halogens is 2. The van der Waals surface area contributed by atoms with Crippen LogP contribution in [0.3, 0.4) is 0 Å². The van der Waals surface area contributed by atoms with Crippen LogP contribution in [0.15, 0.2) is 72.8 Å². The Morgan fingerprint density at radius 1 is 0.963 bits per heavy atom. The minimum Gasteiger partial charge on any atom is -0.497 e. The quantitative estimate of drug-likeness (QED) is 0.412. The van der Waals surface area contributed by atoms with Crippen LogP contribution in [-0.2, 0) is 4.79 Å². The number of hydrogen-bond donors (Lipinski definition) is 1. The Bertz CT molecular complexity index is 967. The van der Waals surface area contributed by atoms with E-state index in [1.54, 1.807) is 25.3 Å². The zero-order chi connectivity index (χ0) is 19.2. The van der Waals surface area contributed by atoms with E-state index in [9.17, 15) is 4.79 Å². The Morgan fingerprint density at radius 2 is 1.67 bits per heavy atom. The number of nitrogens with one attached hydrogen (secondary N) is 1. The molecule has 1 N–H and O–H groups in total. The molecule has 0 spiro atoms. The summed E-state index contributed by atoms with van der Waals surface area (Å²) in [4.78, 5) is 13.0. The second-order valence-electron chi connectivity index (χ2n) is 5.78.